The Morgan fingerprint density at radius 3 is 2.80 bits per heavy atom. The lowest BCUT2D eigenvalue weighted by Gasteiger charge is -2.17. The van der Waals surface area contributed by atoms with Crippen LogP contribution in [-0.4, -0.2) is 32.6 Å². The summed E-state index contributed by atoms with van der Waals surface area (Å²) in [6.07, 6.45) is 2.29. The van der Waals surface area contributed by atoms with Crippen LogP contribution < -0.4 is 10.3 Å². The molecule has 2 heterocycles. The minimum absolute atomic E-state index is 0.0630. The van der Waals surface area contributed by atoms with Crippen molar-refractivity contribution in [2.75, 3.05) is 6.61 Å². The zero-order valence-electron chi connectivity index (χ0n) is 14.3. The fraction of sp³-hybridized carbons (Fsp3) is 0.316. The van der Waals surface area contributed by atoms with Crippen LogP contribution in [0.5, 0.6) is 5.75 Å². The highest BCUT2D eigenvalue weighted by molar-refractivity contribution is 5.75. The number of aromatic nitrogens is 3. The van der Waals surface area contributed by atoms with E-state index in [1.54, 1.807) is 18.3 Å². The largest absolute Gasteiger partial charge is 0.491 e. The molecule has 0 fully saturated rings. The lowest BCUT2D eigenvalue weighted by molar-refractivity contribution is 0.0875. The van der Waals surface area contributed by atoms with Gasteiger partial charge in [-0.05, 0) is 29.7 Å². The molecule has 1 atom stereocenters. The van der Waals surface area contributed by atoms with E-state index in [0.717, 1.165) is 11.3 Å². The summed E-state index contributed by atoms with van der Waals surface area (Å²) in [5.74, 6) is 1.07. The number of aliphatic hydroxyl groups excluding tert-OH is 1. The average Bonchev–Trinajstić information content (AvgIpc) is 2.63. The lowest BCUT2D eigenvalue weighted by atomic mass is 10.0. The van der Waals surface area contributed by atoms with Gasteiger partial charge in [0.25, 0.3) is 5.56 Å². The zero-order chi connectivity index (χ0) is 17.8. The SMILES string of the molecule is CC(C)c1ccccc1OC[C@@H](O)Cn1ncc2ncccc2c1=O. The second-order valence-electron chi connectivity index (χ2n) is 6.23. The van der Waals surface area contributed by atoms with Crippen LogP contribution in [0.25, 0.3) is 10.9 Å². The minimum atomic E-state index is -0.848. The molecule has 0 aliphatic heterocycles. The van der Waals surface area contributed by atoms with Crippen LogP contribution in [-0.2, 0) is 6.54 Å². The monoisotopic (exact) mass is 339 g/mol. The van der Waals surface area contributed by atoms with Gasteiger partial charge in [-0.3, -0.25) is 9.78 Å². The Labute approximate surface area is 145 Å². The van der Waals surface area contributed by atoms with Crippen molar-refractivity contribution in [1.82, 2.24) is 14.8 Å². The second kappa shape index (κ2) is 7.44. The van der Waals surface area contributed by atoms with Crippen molar-refractivity contribution in [1.29, 1.82) is 0 Å². The summed E-state index contributed by atoms with van der Waals surface area (Å²) in [6.45, 7) is 4.33. The van der Waals surface area contributed by atoms with Gasteiger partial charge in [0.15, 0.2) is 0 Å². The van der Waals surface area contributed by atoms with Crippen molar-refractivity contribution in [3.63, 3.8) is 0 Å². The molecule has 0 aliphatic carbocycles. The Kier molecular flexibility index (Phi) is 5.09. The third-order valence-corrected chi connectivity index (χ3v) is 3.98. The highest BCUT2D eigenvalue weighted by Gasteiger charge is 2.13. The molecule has 0 saturated carbocycles. The third-order valence-electron chi connectivity index (χ3n) is 3.98. The molecular weight excluding hydrogens is 318 g/mol. The van der Waals surface area contributed by atoms with Crippen molar-refractivity contribution in [3.8, 4) is 5.75 Å². The molecule has 0 bridgehead atoms. The van der Waals surface area contributed by atoms with Crippen molar-refractivity contribution in [3.05, 3.63) is 64.7 Å². The van der Waals surface area contributed by atoms with Gasteiger partial charge in [-0.25, -0.2) is 4.68 Å². The number of pyridine rings is 1. The number of aliphatic hydroxyl groups is 1. The first-order valence-corrected chi connectivity index (χ1v) is 8.27. The molecule has 0 radical (unpaired) electrons. The maximum absolute atomic E-state index is 12.4. The van der Waals surface area contributed by atoms with Crippen LogP contribution in [0, 0.1) is 0 Å². The molecule has 2 aromatic heterocycles. The molecule has 130 valence electrons. The van der Waals surface area contributed by atoms with Gasteiger partial charge >= 0.3 is 0 Å². The topological polar surface area (TPSA) is 77.2 Å². The summed E-state index contributed by atoms with van der Waals surface area (Å²) < 4.78 is 7.00. The van der Waals surface area contributed by atoms with Crippen molar-refractivity contribution >= 4 is 10.9 Å². The molecule has 0 amide bonds. The normalized spacial score (nSPS) is 12.5. The zero-order valence-corrected chi connectivity index (χ0v) is 14.3. The molecule has 1 N–H and O–H groups in total. The van der Waals surface area contributed by atoms with Gasteiger partial charge in [0.1, 0.15) is 18.5 Å². The molecular formula is C19H21N3O3. The van der Waals surface area contributed by atoms with E-state index in [2.05, 4.69) is 23.9 Å². The summed E-state index contributed by atoms with van der Waals surface area (Å²) in [5.41, 5.74) is 1.36. The van der Waals surface area contributed by atoms with Gasteiger partial charge in [0.05, 0.1) is 23.6 Å². The van der Waals surface area contributed by atoms with Crippen molar-refractivity contribution in [2.45, 2.75) is 32.4 Å². The molecule has 6 heteroatoms. The van der Waals surface area contributed by atoms with Gasteiger partial charge in [-0.15, -0.1) is 0 Å². The van der Waals surface area contributed by atoms with E-state index in [-0.39, 0.29) is 18.7 Å². The van der Waals surface area contributed by atoms with E-state index in [1.807, 2.05) is 24.3 Å². The van der Waals surface area contributed by atoms with Gasteiger partial charge < -0.3 is 9.84 Å². The van der Waals surface area contributed by atoms with E-state index in [0.29, 0.717) is 16.8 Å². The van der Waals surface area contributed by atoms with Crippen LogP contribution in [0.3, 0.4) is 0 Å². The number of fused-ring (bicyclic) bond motifs is 1. The molecule has 0 aliphatic rings. The molecule has 25 heavy (non-hydrogen) atoms. The van der Waals surface area contributed by atoms with E-state index >= 15 is 0 Å². The number of hydrogen-bond acceptors (Lipinski definition) is 5. The number of para-hydroxylation sites is 1. The van der Waals surface area contributed by atoms with Crippen LogP contribution in [0.1, 0.15) is 25.3 Å². The Bertz CT molecular complexity index is 921. The molecule has 3 rings (SSSR count). The minimum Gasteiger partial charge on any atom is -0.491 e. The molecule has 3 aromatic rings. The average molecular weight is 339 g/mol. The summed E-state index contributed by atoms with van der Waals surface area (Å²) in [7, 11) is 0. The molecule has 6 nitrogen and oxygen atoms in total. The van der Waals surface area contributed by atoms with Crippen LogP contribution in [0.2, 0.25) is 0 Å². The van der Waals surface area contributed by atoms with Gasteiger partial charge in [-0.2, -0.15) is 5.10 Å². The number of hydrogen-bond donors (Lipinski definition) is 1. The van der Waals surface area contributed by atoms with Gasteiger partial charge in [0, 0.05) is 6.20 Å². The van der Waals surface area contributed by atoms with E-state index in [1.165, 1.54) is 10.9 Å². The Morgan fingerprint density at radius 1 is 1.20 bits per heavy atom. The van der Waals surface area contributed by atoms with Gasteiger partial charge in [0.2, 0.25) is 0 Å². The summed E-state index contributed by atoms with van der Waals surface area (Å²) >= 11 is 0. The first-order valence-electron chi connectivity index (χ1n) is 8.27. The summed E-state index contributed by atoms with van der Waals surface area (Å²) in [5, 5.41) is 14.8. The maximum Gasteiger partial charge on any atom is 0.276 e. The van der Waals surface area contributed by atoms with E-state index in [9.17, 15) is 9.90 Å². The smallest absolute Gasteiger partial charge is 0.276 e. The quantitative estimate of drug-likeness (QED) is 0.746. The van der Waals surface area contributed by atoms with Crippen molar-refractivity contribution < 1.29 is 9.84 Å². The fourth-order valence-electron chi connectivity index (χ4n) is 2.67. The van der Waals surface area contributed by atoms with Crippen LogP contribution >= 0.6 is 0 Å². The summed E-state index contributed by atoms with van der Waals surface area (Å²) in [4.78, 5) is 16.5. The predicted molar refractivity (Wildman–Crippen MR) is 95.8 cm³/mol. The fourth-order valence-corrected chi connectivity index (χ4v) is 2.67. The molecule has 0 spiro atoms. The second-order valence-corrected chi connectivity index (χ2v) is 6.23. The summed E-state index contributed by atoms with van der Waals surface area (Å²) in [6, 6.07) is 11.2. The lowest BCUT2D eigenvalue weighted by Crippen LogP contribution is -2.32. The Morgan fingerprint density at radius 2 is 2.00 bits per heavy atom. The Hall–Kier alpha value is -2.73. The molecule has 1 aromatic carbocycles. The maximum atomic E-state index is 12.4. The molecule has 0 unspecified atom stereocenters. The number of ether oxygens (including phenoxy) is 1. The van der Waals surface area contributed by atoms with E-state index in [4.69, 9.17) is 4.74 Å². The van der Waals surface area contributed by atoms with Crippen LogP contribution in [0.15, 0.2) is 53.6 Å². The Balaban J connectivity index is 1.70. The van der Waals surface area contributed by atoms with Crippen molar-refractivity contribution in [2.24, 2.45) is 0 Å². The number of nitrogens with zero attached hydrogens (tertiary/aromatic N) is 3. The van der Waals surface area contributed by atoms with E-state index < -0.39 is 6.10 Å². The molecule has 0 saturated heterocycles. The first-order chi connectivity index (χ1) is 12.1. The van der Waals surface area contributed by atoms with Gasteiger partial charge in [-0.1, -0.05) is 32.0 Å². The van der Waals surface area contributed by atoms with Crippen LogP contribution in [0.4, 0.5) is 0 Å². The first kappa shape index (κ1) is 17.1. The number of rotatable bonds is 6. The highest BCUT2D eigenvalue weighted by Crippen LogP contribution is 2.25. The predicted octanol–water partition coefficient (Wildman–Crippen LogP) is 2.35. The number of benzene rings is 1. The standard InChI is InChI=1S/C19H21N3O3/c1-13(2)15-6-3-4-8-18(15)25-12-14(23)11-22-19(24)16-7-5-9-20-17(16)10-21-22/h3-10,13-14,23H,11-12H2,1-2H3/t14-/m0/s1. The highest BCUT2D eigenvalue weighted by atomic mass is 16.5. The third kappa shape index (κ3) is 3.85.